The lowest BCUT2D eigenvalue weighted by atomic mass is 10.1. The quantitative estimate of drug-likeness (QED) is 0.162. The molecule has 0 fully saturated rings. The van der Waals surface area contributed by atoms with Crippen molar-refractivity contribution in [2.45, 2.75) is 26.9 Å². The SMILES string of the molecule is C=C=Cc1cccc(CN(O)CCOCN/C(C=NCc2c(C)noc2C)=C/N)c1. The molecule has 0 amide bonds. The van der Waals surface area contributed by atoms with Gasteiger partial charge in [0.25, 0.3) is 0 Å². The first-order valence-corrected chi connectivity index (χ1v) is 9.57. The maximum atomic E-state index is 10.1. The molecule has 0 bridgehead atoms. The molecule has 1 heterocycles. The number of nitrogens with one attached hydrogen (secondary N) is 1. The van der Waals surface area contributed by atoms with Crippen LogP contribution in [0.25, 0.3) is 6.08 Å². The molecule has 1 aromatic heterocycles. The van der Waals surface area contributed by atoms with E-state index in [2.05, 4.69) is 27.8 Å². The van der Waals surface area contributed by atoms with E-state index in [0.717, 1.165) is 28.1 Å². The van der Waals surface area contributed by atoms with E-state index in [0.29, 0.717) is 31.9 Å². The van der Waals surface area contributed by atoms with E-state index in [1.54, 1.807) is 12.3 Å². The van der Waals surface area contributed by atoms with Crippen LogP contribution in [0.5, 0.6) is 0 Å². The predicted molar refractivity (Wildman–Crippen MR) is 117 cm³/mol. The Morgan fingerprint density at radius 1 is 1.47 bits per heavy atom. The minimum atomic E-state index is 0.244. The van der Waals surface area contributed by atoms with Gasteiger partial charge in [-0.15, -0.1) is 5.73 Å². The van der Waals surface area contributed by atoms with E-state index in [4.69, 9.17) is 15.0 Å². The third-order valence-corrected chi connectivity index (χ3v) is 4.30. The molecule has 160 valence electrons. The summed E-state index contributed by atoms with van der Waals surface area (Å²) in [5, 5.41) is 18.2. The van der Waals surface area contributed by atoms with Gasteiger partial charge in [0, 0.05) is 31.1 Å². The van der Waals surface area contributed by atoms with E-state index >= 15 is 0 Å². The average molecular weight is 412 g/mol. The first-order chi connectivity index (χ1) is 14.5. The van der Waals surface area contributed by atoms with E-state index in [1.165, 1.54) is 11.3 Å². The largest absolute Gasteiger partial charge is 0.403 e. The Kier molecular flexibility index (Phi) is 9.57. The van der Waals surface area contributed by atoms with E-state index in [9.17, 15) is 5.21 Å². The summed E-state index contributed by atoms with van der Waals surface area (Å²) in [5.74, 6) is 0.761. The van der Waals surface area contributed by atoms with Crippen LogP contribution < -0.4 is 11.1 Å². The number of aromatic nitrogens is 1. The molecule has 4 N–H and O–H groups in total. The molecule has 8 heteroatoms. The van der Waals surface area contributed by atoms with Crippen LogP contribution in [0, 0.1) is 13.8 Å². The number of allylic oxidation sites excluding steroid dienone is 1. The zero-order chi connectivity index (χ0) is 21.8. The molecule has 8 nitrogen and oxygen atoms in total. The van der Waals surface area contributed by atoms with Gasteiger partial charge in [0.15, 0.2) is 0 Å². The third kappa shape index (κ3) is 7.69. The van der Waals surface area contributed by atoms with Gasteiger partial charge in [-0.1, -0.05) is 29.9 Å². The first kappa shape index (κ1) is 23.1. The number of ether oxygens (including phenoxy) is 1. The number of aryl methyl sites for hydroxylation is 2. The highest BCUT2D eigenvalue weighted by molar-refractivity contribution is 5.77. The van der Waals surface area contributed by atoms with Crippen LogP contribution >= 0.6 is 0 Å². The average Bonchev–Trinajstić information content (AvgIpc) is 3.04. The number of hydrogen-bond acceptors (Lipinski definition) is 8. The summed E-state index contributed by atoms with van der Waals surface area (Å²) >= 11 is 0. The maximum Gasteiger partial charge on any atom is 0.138 e. The van der Waals surface area contributed by atoms with Crippen molar-refractivity contribution in [3.63, 3.8) is 0 Å². The van der Waals surface area contributed by atoms with Gasteiger partial charge in [-0.05, 0) is 37.1 Å². The van der Waals surface area contributed by atoms with Crippen LogP contribution in [0.1, 0.15) is 28.1 Å². The normalized spacial score (nSPS) is 11.8. The fourth-order valence-electron chi connectivity index (χ4n) is 2.68. The minimum absolute atomic E-state index is 0.244. The fraction of sp³-hybridized carbons (Fsp3) is 0.318. The van der Waals surface area contributed by atoms with Crippen molar-refractivity contribution in [2.75, 3.05) is 19.9 Å². The van der Waals surface area contributed by atoms with Crippen molar-refractivity contribution in [1.82, 2.24) is 15.5 Å². The standard InChI is InChI=1S/C22H29N5O3/c1-4-6-19-7-5-8-20(11-19)15-27(28)9-10-29-16-25-21(12-23)13-24-14-22-17(2)26-30-18(22)3/h5-8,11-13,25,28H,1,9-10,14-16,23H2,2-3H3/b21-12+,24-13?. The highest BCUT2D eigenvalue weighted by atomic mass is 16.5. The van der Waals surface area contributed by atoms with Gasteiger partial charge in [-0.2, -0.15) is 5.06 Å². The molecule has 0 saturated carbocycles. The Bertz CT molecular complexity index is 894. The Morgan fingerprint density at radius 3 is 3.00 bits per heavy atom. The van der Waals surface area contributed by atoms with Crippen LogP contribution in [-0.2, 0) is 17.8 Å². The Balaban J connectivity index is 1.66. The van der Waals surface area contributed by atoms with Crippen LogP contribution in [0.15, 0.2) is 58.0 Å². The van der Waals surface area contributed by atoms with Gasteiger partial charge in [0.1, 0.15) is 12.5 Å². The van der Waals surface area contributed by atoms with Gasteiger partial charge < -0.3 is 25.5 Å². The van der Waals surface area contributed by atoms with Crippen molar-refractivity contribution in [3.05, 3.63) is 76.6 Å². The fourth-order valence-corrected chi connectivity index (χ4v) is 2.68. The van der Waals surface area contributed by atoms with Crippen LogP contribution in [0.3, 0.4) is 0 Å². The smallest absolute Gasteiger partial charge is 0.138 e. The van der Waals surface area contributed by atoms with Gasteiger partial charge in [0.05, 0.1) is 24.5 Å². The monoisotopic (exact) mass is 411 g/mol. The second-order valence-corrected chi connectivity index (χ2v) is 6.61. The molecule has 0 atom stereocenters. The molecule has 30 heavy (non-hydrogen) atoms. The minimum Gasteiger partial charge on any atom is -0.403 e. The lowest BCUT2D eigenvalue weighted by molar-refractivity contribution is -0.112. The van der Waals surface area contributed by atoms with Crippen LogP contribution in [-0.4, -0.2) is 41.5 Å². The molecule has 1 aromatic carbocycles. The molecule has 0 aliphatic rings. The summed E-state index contributed by atoms with van der Waals surface area (Å²) in [6, 6.07) is 7.81. The van der Waals surface area contributed by atoms with Gasteiger partial charge in [-0.3, -0.25) is 4.99 Å². The van der Waals surface area contributed by atoms with Gasteiger partial charge in [-0.25, -0.2) is 0 Å². The second-order valence-electron chi connectivity index (χ2n) is 6.61. The van der Waals surface area contributed by atoms with Gasteiger partial charge in [0.2, 0.25) is 0 Å². The summed E-state index contributed by atoms with van der Waals surface area (Å²) in [6.45, 7) is 9.13. The summed E-state index contributed by atoms with van der Waals surface area (Å²) in [5.41, 5.74) is 12.8. The lowest BCUT2D eigenvalue weighted by Gasteiger charge is -2.15. The molecule has 0 aliphatic heterocycles. The first-order valence-electron chi connectivity index (χ1n) is 9.57. The Hall–Kier alpha value is -3.16. The summed E-state index contributed by atoms with van der Waals surface area (Å²) in [7, 11) is 0. The molecular formula is C22H29N5O3. The number of benzene rings is 1. The molecule has 0 spiro atoms. The third-order valence-electron chi connectivity index (χ3n) is 4.30. The maximum absolute atomic E-state index is 10.1. The molecule has 0 saturated heterocycles. The van der Waals surface area contributed by atoms with E-state index in [1.807, 2.05) is 38.1 Å². The Labute approximate surface area is 177 Å². The van der Waals surface area contributed by atoms with Crippen LogP contribution in [0.4, 0.5) is 0 Å². The van der Waals surface area contributed by atoms with Gasteiger partial charge >= 0.3 is 0 Å². The molecule has 0 unspecified atom stereocenters. The number of hydrogen-bond donors (Lipinski definition) is 3. The highest BCUT2D eigenvalue weighted by Crippen LogP contribution is 2.13. The molecular weight excluding hydrogens is 382 g/mol. The van der Waals surface area contributed by atoms with Crippen molar-refractivity contribution in [2.24, 2.45) is 10.7 Å². The highest BCUT2D eigenvalue weighted by Gasteiger charge is 2.07. The zero-order valence-electron chi connectivity index (χ0n) is 17.5. The summed E-state index contributed by atoms with van der Waals surface area (Å²) < 4.78 is 10.6. The van der Waals surface area contributed by atoms with Crippen molar-refractivity contribution >= 4 is 12.3 Å². The zero-order valence-corrected chi connectivity index (χ0v) is 17.5. The molecule has 2 aromatic rings. The Morgan fingerprint density at radius 2 is 2.30 bits per heavy atom. The second kappa shape index (κ2) is 12.4. The number of rotatable bonds is 12. The topological polar surface area (TPSA) is 109 Å². The molecule has 2 rings (SSSR count). The number of nitrogens with two attached hydrogens (primary N) is 1. The number of nitrogens with zero attached hydrogens (tertiary/aromatic N) is 3. The molecule has 0 radical (unpaired) electrons. The van der Waals surface area contributed by atoms with E-state index in [-0.39, 0.29) is 6.73 Å². The lowest BCUT2D eigenvalue weighted by Crippen LogP contribution is -2.26. The van der Waals surface area contributed by atoms with Crippen LogP contribution in [0.2, 0.25) is 0 Å². The predicted octanol–water partition coefficient (Wildman–Crippen LogP) is 2.92. The summed E-state index contributed by atoms with van der Waals surface area (Å²) in [6.07, 6.45) is 4.85. The van der Waals surface area contributed by atoms with Crippen molar-refractivity contribution in [1.29, 1.82) is 0 Å². The van der Waals surface area contributed by atoms with Crippen molar-refractivity contribution in [3.8, 4) is 0 Å². The van der Waals surface area contributed by atoms with Crippen molar-refractivity contribution < 1.29 is 14.5 Å². The number of aliphatic imine (C=N–C) groups is 1. The van der Waals surface area contributed by atoms with E-state index < -0.39 is 0 Å². The number of hydroxylamine groups is 2. The summed E-state index contributed by atoms with van der Waals surface area (Å²) in [4.78, 5) is 4.35. The molecule has 0 aliphatic carbocycles.